The van der Waals surface area contributed by atoms with Crippen molar-refractivity contribution in [1.82, 2.24) is 35.3 Å². The van der Waals surface area contributed by atoms with Crippen LogP contribution < -0.4 is 15.4 Å². The number of nitrogens with one attached hydrogen (secondary N) is 2. The number of ether oxygens (including phenoxy) is 2. The monoisotopic (exact) mass is 725 g/mol. The van der Waals surface area contributed by atoms with Crippen LogP contribution in [0.25, 0.3) is 5.69 Å². The number of nitrogens with zero attached hydrogens (tertiary/aromatic N) is 5. The molecular formula is C36H51N7O9. The van der Waals surface area contributed by atoms with Gasteiger partial charge in [-0.3, -0.25) is 19.2 Å². The van der Waals surface area contributed by atoms with E-state index in [0.717, 1.165) is 38.5 Å². The highest BCUT2D eigenvalue weighted by molar-refractivity contribution is 5.96. The van der Waals surface area contributed by atoms with Crippen molar-refractivity contribution in [3.63, 3.8) is 0 Å². The summed E-state index contributed by atoms with van der Waals surface area (Å²) in [4.78, 5) is 74.0. The number of carbonyl (C=O) groups excluding carboxylic acids is 5. The fourth-order valence-electron chi connectivity index (χ4n) is 6.34. The van der Waals surface area contributed by atoms with Crippen molar-refractivity contribution >= 4 is 29.8 Å². The van der Waals surface area contributed by atoms with Gasteiger partial charge in [0.1, 0.15) is 12.1 Å². The Morgan fingerprint density at radius 1 is 0.962 bits per heavy atom. The molecule has 2 atom stereocenters. The average Bonchev–Trinajstić information content (AvgIpc) is 3.81. The maximum absolute atomic E-state index is 13.7. The Labute approximate surface area is 303 Å². The van der Waals surface area contributed by atoms with Gasteiger partial charge in [0.15, 0.2) is 12.3 Å². The smallest absolute Gasteiger partial charge is 0.467 e. The second-order valence-electron chi connectivity index (χ2n) is 13.3. The van der Waals surface area contributed by atoms with Crippen molar-refractivity contribution in [3.8, 4) is 11.6 Å². The Bertz CT molecular complexity index is 1510. The van der Waals surface area contributed by atoms with Crippen LogP contribution in [0.2, 0.25) is 0 Å². The topological polar surface area (TPSA) is 185 Å². The van der Waals surface area contributed by atoms with E-state index >= 15 is 0 Å². The standard InChI is InChI=1S/C36H51N7O9/c1-2-3-23-50-36(49)52-41-20-18-40(19-21-41)35(48)28(15-7-8-22-44)38-33(46)29-24-32(43(39-29)27-13-5-4-6-14-27)51-25-31(45)42-17-10-16-30(42)34(47)37-26-11-9-12-26/h4-6,13-14,24,26,28,30,44H,2-3,7-12,15-23,25H2,1H3,(H,37,47)(H,38,46)/t28-,30-/m0/s1. The molecule has 4 amide bonds. The summed E-state index contributed by atoms with van der Waals surface area (Å²) in [5.74, 6) is -1.25. The van der Waals surface area contributed by atoms with E-state index in [1.54, 1.807) is 34.1 Å². The van der Waals surface area contributed by atoms with Crippen LogP contribution in [0.3, 0.4) is 0 Å². The summed E-state index contributed by atoms with van der Waals surface area (Å²) in [5.41, 5.74) is 0.567. The molecule has 52 heavy (non-hydrogen) atoms. The number of aliphatic hydroxyl groups excluding tert-OH is 1. The lowest BCUT2D eigenvalue weighted by atomic mass is 9.93. The van der Waals surface area contributed by atoms with Crippen LogP contribution >= 0.6 is 0 Å². The van der Waals surface area contributed by atoms with Gasteiger partial charge >= 0.3 is 6.16 Å². The molecule has 3 fully saturated rings. The first-order valence-corrected chi connectivity index (χ1v) is 18.5. The number of rotatable bonds is 17. The van der Waals surface area contributed by atoms with Gasteiger partial charge in [-0.25, -0.2) is 9.48 Å². The lowest BCUT2D eigenvalue weighted by Gasteiger charge is -2.35. The van der Waals surface area contributed by atoms with Gasteiger partial charge in [0.25, 0.3) is 11.8 Å². The number of aromatic nitrogens is 2. The van der Waals surface area contributed by atoms with E-state index in [9.17, 15) is 29.1 Å². The van der Waals surface area contributed by atoms with Gasteiger partial charge in [-0.05, 0) is 69.9 Å². The minimum Gasteiger partial charge on any atom is -0.467 e. The number of para-hydroxylation sites is 1. The molecule has 0 bridgehead atoms. The van der Waals surface area contributed by atoms with Crippen LogP contribution in [-0.2, 0) is 24.0 Å². The molecule has 1 aliphatic carbocycles. The van der Waals surface area contributed by atoms with Gasteiger partial charge in [0.05, 0.1) is 25.4 Å². The highest BCUT2D eigenvalue weighted by atomic mass is 16.8. The summed E-state index contributed by atoms with van der Waals surface area (Å²) in [6.07, 6.45) is 6.39. The lowest BCUT2D eigenvalue weighted by Crippen LogP contribution is -2.55. The highest BCUT2D eigenvalue weighted by Crippen LogP contribution is 2.24. The number of unbranched alkanes of at least 4 members (excludes halogenated alkanes) is 2. The second-order valence-corrected chi connectivity index (χ2v) is 13.3. The van der Waals surface area contributed by atoms with Gasteiger partial charge in [0.2, 0.25) is 17.7 Å². The van der Waals surface area contributed by atoms with Crippen LogP contribution in [0.15, 0.2) is 36.4 Å². The van der Waals surface area contributed by atoms with E-state index in [1.807, 2.05) is 13.0 Å². The van der Waals surface area contributed by atoms with E-state index in [1.165, 1.54) is 15.8 Å². The first kappa shape index (κ1) is 38.5. The van der Waals surface area contributed by atoms with Crippen LogP contribution in [-0.4, -0.2) is 130 Å². The Kier molecular flexibility index (Phi) is 14.2. The zero-order valence-corrected chi connectivity index (χ0v) is 29.9. The zero-order chi connectivity index (χ0) is 36.9. The van der Waals surface area contributed by atoms with Crippen LogP contribution in [0.5, 0.6) is 5.88 Å². The molecule has 16 nitrogen and oxygen atoms in total. The minimum atomic E-state index is -0.906. The van der Waals surface area contributed by atoms with Gasteiger partial charge in [-0.15, -0.1) is 5.06 Å². The lowest BCUT2D eigenvalue weighted by molar-refractivity contribution is -0.158. The summed E-state index contributed by atoms with van der Waals surface area (Å²) >= 11 is 0. The van der Waals surface area contributed by atoms with Crippen LogP contribution in [0.1, 0.15) is 81.6 Å². The van der Waals surface area contributed by atoms with Crippen molar-refractivity contribution in [2.75, 3.05) is 52.5 Å². The third-order valence-electron chi connectivity index (χ3n) is 9.56. The quantitative estimate of drug-likeness (QED) is 0.160. The molecule has 3 heterocycles. The largest absolute Gasteiger partial charge is 0.527 e. The van der Waals surface area contributed by atoms with E-state index < -0.39 is 24.1 Å². The molecule has 1 saturated carbocycles. The van der Waals surface area contributed by atoms with Crippen molar-refractivity contribution in [2.24, 2.45) is 0 Å². The Balaban J connectivity index is 1.23. The van der Waals surface area contributed by atoms with Crippen molar-refractivity contribution in [3.05, 3.63) is 42.1 Å². The molecule has 0 radical (unpaired) electrons. The third-order valence-corrected chi connectivity index (χ3v) is 9.56. The summed E-state index contributed by atoms with van der Waals surface area (Å²) in [7, 11) is 0. The molecule has 0 unspecified atom stereocenters. The summed E-state index contributed by atoms with van der Waals surface area (Å²) in [6, 6.07) is 9.14. The van der Waals surface area contributed by atoms with Crippen molar-refractivity contribution in [2.45, 2.75) is 89.3 Å². The number of likely N-dealkylation sites (tertiary alicyclic amines) is 1. The number of benzene rings is 1. The van der Waals surface area contributed by atoms with E-state index in [4.69, 9.17) is 14.3 Å². The van der Waals surface area contributed by atoms with Crippen LogP contribution in [0, 0.1) is 0 Å². The molecule has 5 rings (SSSR count). The first-order chi connectivity index (χ1) is 25.3. The highest BCUT2D eigenvalue weighted by Gasteiger charge is 2.36. The number of hydroxylamine groups is 2. The molecule has 2 aromatic rings. The van der Waals surface area contributed by atoms with Gasteiger partial charge in [0, 0.05) is 38.3 Å². The maximum atomic E-state index is 13.7. The molecule has 2 aliphatic heterocycles. The Morgan fingerprint density at radius 3 is 2.42 bits per heavy atom. The number of aliphatic hydroxyl groups is 1. The maximum Gasteiger partial charge on any atom is 0.527 e. The molecule has 0 spiro atoms. The molecule has 3 aliphatic rings. The van der Waals surface area contributed by atoms with Gasteiger partial charge < -0.3 is 39.9 Å². The molecule has 1 aromatic heterocycles. The molecule has 284 valence electrons. The fourth-order valence-corrected chi connectivity index (χ4v) is 6.34. The number of piperazine rings is 1. The zero-order valence-electron chi connectivity index (χ0n) is 29.9. The predicted molar refractivity (Wildman–Crippen MR) is 187 cm³/mol. The van der Waals surface area contributed by atoms with Crippen molar-refractivity contribution < 1.29 is 43.4 Å². The molecule has 16 heteroatoms. The second kappa shape index (κ2) is 19.2. The SMILES string of the molecule is CCCCOC(=O)ON1CCN(C(=O)[C@H](CCCCO)NC(=O)c2cc(OCC(=O)N3CCC[C@H]3C(=O)NC3CCC3)n(-c3ccccc3)n2)CC1. The van der Waals surface area contributed by atoms with E-state index in [0.29, 0.717) is 31.5 Å². The number of carbonyl (C=O) groups is 5. The number of hydrogen-bond acceptors (Lipinski definition) is 11. The molecule has 3 N–H and O–H groups in total. The van der Waals surface area contributed by atoms with Crippen LogP contribution in [0.4, 0.5) is 4.79 Å². The fraction of sp³-hybridized carbons (Fsp3) is 0.611. The minimum absolute atomic E-state index is 0.0232. The van der Waals surface area contributed by atoms with Crippen molar-refractivity contribution in [1.29, 1.82) is 0 Å². The average molecular weight is 726 g/mol. The Morgan fingerprint density at radius 2 is 1.73 bits per heavy atom. The molecular weight excluding hydrogens is 674 g/mol. The van der Waals surface area contributed by atoms with E-state index in [-0.39, 0.29) is 87.8 Å². The summed E-state index contributed by atoms with van der Waals surface area (Å²) in [5, 5.41) is 21.2. The predicted octanol–water partition coefficient (Wildman–Crippen LogP) is 2.18. The normalized spacial score (nSPS) is 18.3. The summed E-state index contributed by atoms with van der Waals surface area (Å²) in [6.45, 7) is 3.39. The first-order valence-electron chi connectivity index (χ1n) is 18.5. The van der Waals surface area contributed by atoms with E-state index in [2.05, 4.69) is 15.7 Å². The Hall–Kier alpha value is -4.70. The molecule has 2 saturated heterocycles. The number of amides is 4. The van der Waals surface area contributed by atoms with Gasteiger partial charge in [-0.1, -0.05) is 31.5 Å². The van der Waals surface area contributed by atoms with Gasteiger partial charge in [-0.2, -0.15) is 5.10 Å². The summed E-state index contributed by atoms with van der Waals surface area (Å²) < 4.78 is 12.4. The third kappa shape index (κ3) is 10.4. The number of hydrogen-bond donors (Lipinski definition) is 3. The molecule has 1 aromatic carbocycles.